The van der Waals surface area contributed by atoms with Crippen LogP contribution in [-0.2, 0) is 0 Å². The summed E-state index contributed by atoms with van der Waals surface area (Å²) in [4.78, 5) is 16.8. The fourth-order valence-electron chi connectivity index (χ4n) is 2.43. The highest BCUT2D eigenvalue weighted by Crippen LogP contribution is 2.32. The third-order valence-electron chi connectivity index (χ3n) is 3.73. The normalized spacial score (nSPS) is 11.9. The Morgan fingerprint density at radius 1 is 1.15 bits per heavy atom. The number of halogens is 1. The molecule has 2 N–H and O–H groups in total. The first-order valence-corrected chi connectivity index (χ1v) is 9.90. The second kappa shape index (κ2) is 7.63. The van der Waals surface area contributed by atoms with E-state index in [-0.39, 0.29) is 17.8 Å². The molecule has 3 aromatic rings. The molecule has 0 saturated heterocycles. The van der Waals surface area contributed by atoms with Crippen molar-refractivity contribution in [1.29, 1.82) is 0 Å². The van der Waals surface area contributed by atoms with Gasteiger partial charge in [0.1, 0.15) is 0 Å². The summed E-state index contributed by atoms with van der Waals surface area (Å²) in [6.07, 6.45) is 0. The molecule has 1 aliphatic heterocycles. The fourth-order valence-corrected chi connectivity index (χ4v) is 3.67. The van der Waals surface area contributed by atoms with Gasteiger partial charge in [-0.1, -0.05) is 28.1 Å². The molecule has 1 aromatic heterocycles. The fraction of sp³-hybridized carbons (Fsp3) is 0.0556. The van der Waals surface area contributed by atoms with Gasteiger partial charge in [0.2, 0.25) is 6.79 Å². The van der Waals surface area contributed by atoms with Crippen LogP contribution in [0.25, 0.3) is 11.3 Å². The Labute approximate surface area is 172 Å². The third kappa shape index (κ3) is 4.10. The van der Waals surface area contributed by atoms with Crippen molar-refractivity contribution in [2.24, 2.45) is 0 Å². The third-order valence-corrected chi connectivity index (χ3v) is 5.22. The number of hydrogen-bond acceptors (Lipinski definition) is 6. The lowest BCUT2D eigenvalue weighted by Gasteiger charge is -2.07. The quantitative estimate of drug-likeness (QED) is 0.562. The van der Waals surface area contributed by atoms with Crippen LogP contribution in [0.3, 0.4) is 0 Å². The van der Waals surface area contributed by atoms with E-state index in [0.29, 0.717) is 22.2 Å². The van der Waals surface area contributed by atoms with Gasteiger partial charge in [0.15, 0.2) is 21.7 Å². The summed E-state index contributed by atoms with van der Waals surface area (Å²) >= 11 is 10.0. The number of carbonyl (C=O) groups excluding carboxylic acids is 1. The van der Waals surface area contributed by atoms with Gasteiger partial charge in [-0.15, -0.1) is 11.3 Å². The lowest BCUT2D eigenvalue weighted by atomic mass is 10.2. The van der Waals surface area contributed by atoms with Gasteiger partial charge in [0.05, 0.1) is 5.69 Å². The van der Waals surface area contributed by atoms with Gasteiger partial charge >= 0.3 is 0 Å². The number of anilines is 1. The summed E-state index contributed by atoms with van der Waals surface area (Å²) in [5.41, 5.74) is 2.26. The van der Waals surface area contributed by atoms with E-state index in [1.54, 1.807) is 18.2 Å². The minimum atomic E-state index is -0.338. The number of amides is 1. The van der Waals surface area contributed by atoms with Crippen molar-refractivity contribution in [3.05, 3.63) is 57.9 Å². The molecular weight excluding hydrogens is 450 g/mol. The summed E-state index contributed by atoms with van der Waals surface area (Å²) in [6, 6.07) is 12.8. The largest absolute Gasteiger partial charge is 0.454 e. The number of aromatic nitrogens is 1. The molecule has 6 nitrogen and oxygen atoms in total. The first kappa shape index (κ1) is 17.9. The van der Waals surface area contributed by atoms with Gasteiger partial charge in [-0.3, -0.25) is 10.1 Å². The summed E-state index contributed by atoms with van der Waals surface area (Å²) in [5.74, 6) is 0.826. The van der Waals surface area contributed by atoms with E-state index in [1.165, 1.54) is 11.3 Å². The summed E-state index contributed by atoms with van der Waals surface area (Å²) < 4.78 is 11.5. The molecule has 0 radical (unpaired) electrons. The molecule has 0 unspecified atom stereocenters. The van der Waals surface area contributed by atoms with Crippen LogP contribution in [0.1, 0.15) is 10.4 Å². The van der Waals surface area contributed by atoms with Gasteiger partial charge in [-0.05, 0) is 42.5 Å². The van der Waals surface area contributed by atoms with E-state index in [9.17, 15) is 4.79 Å². The molecule has 2 aromatic carbocycles. The number of rotatable bonds is 3. The van der Waals surface area contributed by atoms with Gasteiger partial charge < -0.3 is 14.8 Å². The van der Waals surface area contributed by atoms with Crippen LogP contribution in [0.4, 0.5) is 5.13 Å². The molecule has 0 bridgehead atoms. The molecule has 4 rings (SSSR count). The SMILES string of the molecule is O=C(NC(=S)Nc1nc(-c2ccc(Br)cc2)cs1)c1ccc2c(c1)OCO2. The topological polar surface area (TPSA) is 72.5 Å². The van der Waals surface area contributed by atoms with Crippen molar-refractivity contribution in [2.75, 3.05) is 12.1 Å². The van der Waals surface area contributed by atoms with E-state index < -0.39 is 0 Å². The molecule has 9 heteroatoms. The molecule has 0 fully saturated rings. The van der Waals surface area contributed by atoms with Crippen molar-refractivity contribution < 1.29 is 14.3 Å². The number of benzene rings is 2. The molecule has 0 aliphatic carbocycles. The standard InChI is InChI=1S/C18H12BrN3O3S2/c19-12-4-1-10(2-5-12)13-8-27-18(20-13)22-17(26)21-16(23)11-3-6-14-15(7-11)25-9-24-14/h1-8H,9H2,(H2,20,21,22,23,26). The van der Waals surface area contributed by atoms with Crippen LogP contribution in [0.2, 0.25) is 0 Å². The number of hydrogen-bond donors (Lipinski definition) is 2. The number of fused-ring (bicyclic) bond motifs is 1. The van der Waals surface area contributed by atoms with Crippen molar-refractivity contribution in [3.63, 3.8) is 0 Å². The Morgan fingerprint density at radius 2 is 1.93 bits per heavy atom. The molecule has 27 heavy (non-hydrogen) atoms. The number of nitrogens with zero attached hydrogens (tertiary/aromatic N) is 1. The van der Waals surface area contributed by atoms with Gasteiger partial charge in [0, 0.05) is 21.0 Å². The lowest BCUT2D eigenvalue weighted by Crippen LogP contribution is -2.34. The molecule has 0 spiro atoms. The van der Waals surface area contributed by atoms with Crippen molar-refractivity contribution >= 4 is 55.6 Å². The minimum absolute atomic E-state index is 0.158. The predicted octanol–water partition coefficient (Wildman–Crippen LogP) is 4.43. The predicted molar refractivity (Wildman–Crippen MR) is 112 cm³/mol. The van der Waals surface area contributed by atoms with E-state index in [1.807, 2.05) is 29.6 Å². The first-order chi connectivity index (χ1) is 13.1. The van der Waals surface area contributed by atoms with Crippen molar-refractivity contribution in [2.45, 2.75) is 0 Å². The van der Waals surface area contributed by atoms with Crippen LogP contribution >= 0.6 is 39.5 Å². The molecule has 2 heterocycles. The number of nitrogens with one attached hydrogen (secondary N) is 2. The Hall–Kier alpha value is -2.49. The van der Waals surface area contributed by atoms with Gasteiger partial charge in [0.25, 0.3) is 5.91 Å². The van der Waals surface area contributed by atoms with Crippen LogP contribution in [0, 0.1) is 0 Å². The number of ether oxygens (including phenoxy) is 2. The maximum absolute atomic E-state index is 12.3. The number of thiazole rings is 1. The zero-order valence-electron chi connectivity index (χ0n) is 13.7. The Balaban J connectivity index is 1.39. The zero-order chi connectivity index (χ0) is 18.8. The molecule has 1 amide bonds. The summed E-state index contributed by atoms with van der Waals surface area (Å²) in [7, 11) is 0. The highest BCUT2D eigenvalue weighted by Gasteiger charge is 2.17. The van der Waals surface area contributed by atoms with Gasteiger partial charge in [-0.25, -0.2) is 4.98 Å². The maximum atomic E-state index is 12.3. The van der Waals surface area contributed by atoms with E-state index >= 15 is 0 Å². The summed E-state index contributed by atoms with van der Waals surface area (Å²) in [6.45, 7) is 0.158. The van der Waals surface area contributed by atoms with Crippen LogP contribution in [0.5, 0.6) is 11.5 Å². The van der Waals surface area contributed by atoms with E-state index in [2.05, 4.69) is 31.5 Å². The van der Waals surface area contributed by atoms with Crippen LogP contribution in [0.15, 0.2) is 52.3 Å². The Morgan fingerprint density at radius 3 is 2.74 bits per heavy atom. The van der Waals surface area contributed by atoms with E-state index in [0.717, 1.165) is 15.7 Å². The molecule has 0 atom stereocenters. The molecule has 0 saturated carbocycles. The maximum Gasteiger partial charge on any atom is 0.257 e. The number of carbonyl (C=O) groups is 1. The highest BCUT2D eigenvalue weighted by atomic mass is 79.9. The smallest absolute Gasteiger partial charge is 0.257 e. The molecule has 136 valence electrons. The average Bonchev–Trinajstić information content (AvgIpc) is 3.30. The monoisotopic (exact) mass is 461 g/mol. The second-order valence-corrected chi connectivity index (χ2v) is 7.70. The van der Waals surface area contributed by atoms with Crippen molar-refractivity contribution in [3.8, 4) is 22.8 Å². The lowest BCUT2D eigenvalue weighted by molar-refractivity contribution is 0.0977. The average molecular weight is 462 g/mol. The van der Waals surface area contributed by atoms with Crippen LogP contribution < -0.4 is 20.1 Å². The first-order valence-electron chi connectivity index (χ1n) is 7.82. The Kier molecular flexibility index (Phi) is 5.06. The number of thiocarbonyl (C=S) groups is 1. The Bertz CT molecular complexity index is 1020. The highest BCUT2D eigenvalue weighted by molar-refractivity contribution is 9.10. The second-order valence-electron chi connectivity index (χ2n) is 5.52. The minimum Gasteiger partial charge on any atom is -0.454 e. The van der Waals surface area contributed by atoms with Crippen molar-refractivity contribution in [1.82, 2.24) is 10.3 Å². The molecule has 1 aliphatic rings. The molecular formula is C18H12BrN3O3S2. The van der Waals surface area contributed by atoms with Crippen LogP contribution in [-0.4, -0.2) is 22.8 Å². The van der Waals surface area contributed by atoms with Gasteiger partial charge in [-0.2, -0.15) is 0 Å². The van der Waals surface area contributed by atoms with E-state index in [4.69, 9.17) is 21.7 Å². The summed E-state index contributed by atoms with van der Waals surface area (Å²) in [5, 5.41) is 8.28. The zero-order valence-corrected chi connectivity index (χ0v) is 16.9.